The number of halogens is 1. The number of hydrogen-bond donors (Lipinski definition) is 2. The summed E-state index contributed by atoms with van der Waals surface area (Å²) in [5.74, 6) is 0.921. The van der Waals surface area contributed by atoms with Gasteiger partial charge in [-0.15, -0.1) is 12.4 Å². The third-order valence-corrected chi connectivity index (χ3v) is 3.77. The SMILES string of the molecule is COc1ccc2ccccc2c1CNCc1cn[nH]c1C.Cl. The predicted molar refractivity (Wildman–Crippen MR) is 91.6 cm³/mol. The Labute approximate surface area is 136 Å². The van der Waals surface area contributed by atoms with E-state index in [1.54, 1.807) is 7.11 Å². The molecule has 0 aliphatic rings. The molecule has 0 saturated heterocycles. The van der Waals surface area contributed by atoms with Crippen molar-refractivity contribution in [1.29, 1.82) is 0 Å². The molecule has 5 heteroatoms. The minimum atomic E-state index is 0. The average molecular weight is 318 g/mol. The molecular weight excluding hydrogens is 298 g/mol. The van der Waals surface area contributed by atoms with Crippen molar-refractivity contribution in [1.82, 2.24) is 15.5 Å². The fraction of sp³-hybridized carbons (Fsp3) is 0.235. The lowest BCUT2D eigenvalue weighted by Crippen LogP contribution is -2.14. The molecule has 3 aromatic rings. The van der Waals surface area contributed by atoms with Crippen LogP contribution in [0.1, 0.15) is 16.8 Å². The van der Waals surface area contributed by atoms with E-state index in [9.17, 15) is 0 Å². The van der Waals surface area contributed by atoms with Crippen LogP contribution >= 0.6 is 12.4 Å². The van der Waals surface area contributed by atoms with Gasteiger partial charge in [0.1, 0.15) is 5.75 Å². The molecule has 2 N–H and O–H groups in total. The van der Waals surface area contributed by atoms with Gasteiger partial charge in [0.2, 0.25) is 0 Å². The number of aromatic amines is 1. The lowest BCUT2D eigenvalue weighted by atomic mass is 10.0. The lowest BCUT2D eigenvalue weighted by molar-refractivity contribution is 0.408. The van der Waals surface area contributed by atoms with Crippen LogP contribution in [-0.2, 0) is 13.1 Å². The maximum atomic E-state index is 5.51. The third kappa shape index (κ3) is 3.24. The van der Waals surface area contributed by atoms with Crippen molar-refractivity contribution in [2.45, 2.75) is 20.0 Å². The summed E-state index contributed by atoms with van der Waals surface area (Å²) in [4.78, 5) is 0. The number of rotatable bonds is 5. The normalized spacial score (nSPS) is 10.5. The number of fused-ring (bicyclic) bond motifs is 1. The fourth-order valence-electron chi connectivity index (χ4n) is 2.57. The van der Waals surface area contributed by atoms with Crippen molar-refractivity contribution in [3.63, 3.8) is 0 Å². The van der Waals surface area contributed by atoms with Gasteiger partial charge in [-0.1, -0.05) is 30.3 Å². The van der Waals surface area contributed by atoms with E-state index in [2.05, 4.69) is 45.8 Å². The summed E-state index contributed by atoms with van der Waals surface area (Å²) >= 11 is 0. The summed E-state index contributed by atoms with van der Waals surface area (Å²) in [5, 5.41) is 12.9. The molecule has 1 aromatic heterocycles. The predicted octanol–water partition coefficient (Wildman–Crippen LogP) is 3.59. The lowest BCUT2D eigenvalue weighted by Gasteiger charge is -2.13. The molecule has 4 nitrogen and oxygen atoms in total. The van der Waals surface area contributed by atoms with Gasteiger partial charge in [-0.2, -0.15) is 5.10 Å². The molecule has 0 fully saturated rings. The summed E-state index contributed by atoms with van der Waals surface area (Å²) in [5.41, 5.74) is 3.48. The smallest absolute Gasteiger partial charge is 0.123 e. The van der Waals surface area contributed by atoms with Crippen LogP contribution in [0, 0.1) is 6.92 Å². The Balaban J connectivity index is 0.00000176. The molecule has 2 aromatic carbocycles. The Morgan fingerprint density at radius 1 is 1.14 bits per heavy atom. The Morgan fingerprint density at radius 2 is 1.95 bits per heavy atom. The van der Waals surface area contributed by atoms with E-state index in [-0.39, 0.29) is 12.4 Å². The van der Waals surface area contributed by atoms with Crippen LogP contribution in [0.25, 0.3) is 10.8 Å². The maximum Gasteiger partial charge on any atom is 0.123 e. The molecule has 116 valence electrons. The van der Waals surface area contributed by atoms with Crippen LogP contribution in [-0.4, -0.2) is 17.3 Å². The number of nitrogens with one attached hydrogen (secondary N) is 2. The molecule has 0 amide bonds. The molecule has 22 heavy (non-hydrogen) atoms. The topological polar surface area (TPSA) is 49.9 Å². The van der Waals surface area contributed by atoms with E-state index in [0.29, 0.717) is 0 Å². The highest BCUT2D eigenvalue weighted by atomic mass is 35.5. The van der Waals surface area contributed by atoms with Crippen molar-refractivity contribution in [2.24, 2.45) is 0 Å². The molecule has 0 spiro atoms. The van der Waals surface area contributed by atoms with Crippen molar-refractivity contribution in [3.8, 4) is 5.75 Å². The van der Waals surface area contributed by atoms with Gasteiger partial charge in [0.15, 0.2) is 0 Å². The van der Waals surface area contributed by atoms with E-state index in [4.69, 9.17) is 4.74 Å². The number of H-pyrrole nitrogens is 1. The first-order valence-corrected chi connectivity index (χ1v) is 7.04. The van der Waals surface area contributed by atoms with Crippen LogP contribution in [0.4, 0.5) is 0 Å². The average Bonchev–Trinajstić information content (AvgIpc) is 2.93. The molecule has 0 atom stereocenters. The zero-order chi connectivity index (χ0) is 14.7. The van der Waals surface area contributed by atoms with E-state index in [0.717, 1.165) is 24.5 Å². The van der Waals surface area contributed by atoms with Crippen LogP contribution in [0.5, 0.6) is 5.75 Å². The largest absolute Gasteiger partial charge is 0.496 e. The van der Waals surface area contributed by atoms with Crippen molar-refractivity contribution in [2.75, 3.05) is 7.11 Å². The Kier molecular flexibility index (Phi) is 5.41. The van der Waals surface area contributed by atoms with Gasteiger partial charge in [-0.3, -0.25) is 5.10 Å². The second kappa shape index (κ2) is 7.29. The van der Waals surface area contributed by atoms with E-state index in [1.165, 1.54) is 21.9 Å². The van der Waals surface area contributed by atoms with E-state index >= 15 is 0 Å². The molecule has 0 radical (unpaired) electrons. The van der Waals surface area contributed by atoms with Gasteiger partial charge in [0.05, 0.1) is 13.3 Å². The Bertz CT molecular complexity index is 754. The number of hydrogen-bond acceptors (Lipinski definition) is 3. The number of ether oxygens (including phenoxy) is 1. The van der Waals surface area contributed by atoms with Gasteiger partial charge < -0.3 is 10.1 Å². The first-order chi connectivity index (χ1) is 10.3. The quantitative estimate of drug-likeness (QED) is 0.756. The molecular formula is C17H20ClN3O. The zero-order valence-corrected chi connectivity index (χ0v) is 13.5. The first kappa shape index (κ1) is 16.3. The van der Waals surface area contributed by atoms with Gasteiger partial charge in [0, 0.05) is 29.9 Å². The molecule has 0 saturated carbocycles. The van der Waals surface area contributed by atoms with Gasteiger partial charge in [-0.05, 0) is 23.8 Å². The number of benzene rings is 2. The summed E-state index contributed by atoms with van der Waals surface area (Å²) in [6.45, 7) is 3.58. The molecule has 0 aliphatic carbocycles. The van der Waals surface area contributed by atoms with Crippen LogP contribution in [0.2, 0.25) is 0 Å². The van der Waals surface area contributed by atoms with Crippen molar-refractivity contribution >= 4 is 23.2 Å². The number of methoxy groups -OCH3 is 1. The molecule has 0 aliphatic heterocycles. The summed E-state index contributed by atoms with van der Waals surface area (Å²) < 4.78 is 5.51. The van der Waals surface area contributed by atoms with E-state index in [1.807, 2.05) is 19.2 Å². The van der Waals surface area contributed by atoms with Gasteiger partial charge in [0.25, 0.3) is 0 Å². The van der Waals surface area contributed by atoms with Crippen LogP contribution in [0.15, 0.2) is 42.6 Å². The van der Waals surface area contributed by atoms with E-state index < -0.39 is 0 Å². The molecule has 3 rings (SSSR count). The number of aromatic nitrogens is 2. The Morgan fingerprint density at radius 3 is 2.68 bits per heavy atom. The second-order valence-corrected chi connectivity index (χ2v) is 5.09. The van der Waals surface area contributed by atoms with Crippen LogP contribution in [0.3, 0.4) is 0 Å². The number of aryl methyl sites for hydroxylation is 1. The van der Waals surface area contributed by atoms with Crippen molar-refractivity contribution < 1.29 is 4.74 Å². The summed E-state index contributed by atoms with van der Waals surface area (Å²) in [7, 11) is 1.72. The monoisotopic (exact) mass is 317 g/mol. The fourth-order valence-corrected chi connectivity index (χ4v) is 2.57. The molecule has 1 heterocycles. The second-order valence-electron chi connectivity index (χ2n) is 5.09. The van der Waals surface area contributed by atoms with Crippen molar-refractivity contribution in [3.05, 3.63) is 59.4 Å². The minimum Gasteiger partial charge on any atom is -0.496 e. The van der Waals surface area contributed by atoms with Crippen LogP contribution < -0.4 is 10.1 Å². The minimum absolute atomic E-state index is 0. The highest BCUT2D eigenvalue weighted by Crippen LogP contribution is 2.27. The highest BCUT2D eigenvalue weighted by Gasteiger charge is 2.08. The summed E-state index contributed by atoms with van der Waals surface area (Å²) in [6, 6.07) is 12.5. The number of nitrogens with zero attached hydrogens (tertiary/aromatic N) is 1. The Hall–Kier alpha value is -2.04. The summed E-state index contributed by atoms with van der Waals surface area (Å²) in [6.07, 6.45) is 1.86. The highest BCUT2D eigenvalue weighted by molar-refractivity contribution is 5.87. The molecule has 0 unspecified atom stereocenters. The third-order valence-electron chi connectivity index (χ3n) is 3.77. The zero-order valence-electron chi connectivity index (χ0n) is 12.7. The molecule has 0 bridgehead atoms. The maximum absolute atomic E-state index is 5.51. The van der Waals surface area contributed by atoms with Gasteiger partial charge in [-0.25, -0.2) is 0 Å². The van der Waals surface area contributed by atoms with Gasteiger partial charge >= 0.3 is 0 Å². The first-order valence-electron chi connectivity index (χ1n) is 7.04. The standard InChI is InChI=1S/C17H19N3O.ClH/c1-12-14(10-19-20-12)9-18-11-16-15-6-4-3-5-13(15)7-8-17(16)21-2;/h3-8,10,18H,9,11H2,1-2H3,(H,19,20);1H.